The van der Waals surface area contributed by atoms with E-state index in [1.807, 2.05) is 49.3 Å². The average Bonchev–Trinajstić information content (AvgIpc) is 3.35. The summed E-state index contributed by atoms with van der Waals surface area (Å²) in [5.74, 6) is 1.10. The third kappa shape index (κ3) is 3.66. The molecule has 4 heterocycles. The molecule has 0 fully saturated rings. The molecule has 1 amide bonds. The number of hydrogen-bond acceptors (Lipinski definition) is 6. The molecule has 4 aromatic rings. The van der Waals surface area contributed by atoms with Crippen LogP contribution in [0.5, 0.6) is 5.75 Å². The minimum atomic E-state index is -3.00. The predicted octanol–water partition coefficient (Wildman–Crippen LogP) is 4.67. The lowest BCUT2D eigenvalue weighted by atomic mass is 9.97. The second kappa shape index (κ2) is 8.31. The van der Waals surface area contributed by atoms with Gasteiger partial charge >= 0.3 is 6.61 Å². The molecule has 2 aliphatic heterocycles. The maximum Gasteiger partial charge on any atom is 0.387 e. The van der Waals surface area contributed by atoms with Gasteiger partial charge in [0.15, 0.2) is 0 Å². The largest absolute Gasteiger partial charge is 0.434 e. The normalized spacial score (nSPS) is 18.6. The number of aromatic nitrogens is 4. The van der Waals surface area contributed by atoms with Gasteiger partial charge in [0, 0.05) is 29.1 Å². The highest BCUT2D eigenvalue weighted by molar-refractivity contribution is 5.98. The van der Waals surface area contributed by atoms with Gasteiger partial charge in [0.1, 0.15) is 17.4 Å². The van der Waals surface area contributed by atoms with Crippen molar-refractivity contribution in [2.75, 3.05) is 14.1 Å². The summed E-state index contributed by atoms with van der Waals surface area (Å²) in [4.78, 5) is 29.0. The van der Waals surface area contributed by atoms with Crippen LogP contribution in [0.25, 0.3) is 22.2 Å². The van der Waals surface area contributed by atoms with Crippen molar-refractivity contribution in [2.45, 2.75) is 44.5 Å². The average molecular weight is 505 g/mol. The Morgan fingerprint density at radius 1 is 1.14 bits per heavy atom. The van der Waals surface area contributed by atoms with E-state index in [2.05, 4.69) is 34.0 Å². The Bertz CT molecular complexity index is 1530. The van der Waals surface area contributed by atoms with E-state index in [0.717, 1.165) is 28.0 Å². The first kappa shape index (κ1) is 23.5. The van der Waals surface area contributed by atoms with Crippen molar-refractivity contribution in [1.29, 1.82) is 0 Å². The van der Waals surface area contributed by atoms with Crippen molar-refractivity contribution in [3.8, 4) is 16.9 Å². The van der Waals surface area contributed by atoms with Crippen LogP contribution in [-0.4, -0.2) is 51.0 Å². The topological polar surface area (TPSA) is 85.2 Å². The zero-order valence-corrected chi connectivity index (χ0v) is 20.9. The number of alkyl halides is 2. The molecule has 0 saturated heterocycles. The van der Waals surface area contributed by atoms with E-state index in [0.29, 0.717) is 23.4 Å². The standard InChI is InChI=1S/C27H26F2N6O2/c1-27(2,34(3)4)25-30-12-15(13-31-25)14-8-9-17-19(10-14)35-20-11-18(23(35)32-17)33-24(36)16-6-5-7-21(22(16)20)37-26(28)29/h5-10,12-13,18,20,26H,11H2,1-4H3,(H,33,36)/t18-,20-/m1/s1. The highest BCUT2D eigenvalue weighted by Gasteiger charge is 2.42. The maximum absolute atomic E-state index is 13.2. The summed E-state index contributed by atoms with van der Waals surface area (Å²) in [6, 6.07) is 9.85. The maximum atomic E-state index is 13.2. The quantitative estimate of drug-likeness (QED) is 0.425. The number of nitrogens with one attached hydrogen (secondary N) is 1. The van der Waals surface area contributed by atoms with Crippen LogP contribution in [0, 0.1) is 0 Å². The zero-order valence-electron chi connectivity index (χ0n) is 20.9. The molecule has 0 unspecified atom stereocenters. The van der Waals surface area contributed by atoms with Gasteiger partial charge in [-0.3, -0.25) is 9.69 Å². The number of rotatable bonds is 5. The Kier molecular flexibility index (Phi) is 5.27. The van der Waals surface area contributed by atoms with Crippen LogP contribution in [0.1, 0.15) is 59.9 Å². The van der Waals surface area contributed by atoms with E-state index >= 15 is 0 Å². The van der Waals surface area contributed by atoms with Gasteiger partial charge in [-0.05, 0) is 64.2 Å². The Balaban J connectivity index is 1.47. The van der Waals surface area contributed by atoms with E-state index in [9.17, 15) is 13.6 Å². The first-order valence-corrected chi connectivity index (χ1v) is 12.1. The molecule has 190 valence electrons. The monoisotopic (exact) mass is 504 g/mol. The molecule has 2 atom stereocenters. The summed E-state index contributed by atoms with van der Waals surface area (Å²) in [6.07, 6.45) is 4.12. The Labute approximate surface area is 212 Å². The number of imidazole rings is 1. The minimum absolute atomic E-state index is 0.00616. The van der Waals surface area contributed by atoms with E-state index < -0.39 is 6.61 Å². The van der Waals surface area contributed by atoms with Gasteiger partial charge in [-0.15, -0.1) is 0 Å². The van der Waals surface area contributed by atoms with Gasteiger partial charge in [0.25, 0.3) is 5.91 Å². The molecular weight excluding hydrogens is 478 g/mol. The summed E-state index contributed by atoms with van der Waals surface area (Å²) in [5.41, 5.74) is 3.82. The first-order valence-electron chi connectivity index (χ1n) is 12.1. The van der Waals surface area contributed by atoms with E-state index in [4.69, 9.17) is 9.72 Å². The van der Waals surface area contributed by atoms with Crippen LogP contribution < -0.4 is 10.1 Å². The number of amides is 1. The molecule has 37 heavy (non-hydrogen) atoms. The van der Waals surface area contributed by atoms with Gasteiger partial charge < -0.3 is 14.6 Å². The summed E-state index contributed by atoms with van der Waals surface area (Å²) < 4.78 is 33.4. The minimum Gasteiger partial charge on any atom is -0.434 e. The van der Waals surface area contributed by atoms with Gasteiger partial charge in [-0.2, -0.15) is 8.78 Å². The number of nitrogens with zero attached hydrogens (tertiary/aromatic N) is 5. The molecule has 0 spiro atoms. The number of ether oxygens (including phenoxy) is 1. The smallest absolute Gasteiger partial charge is 0.387 e. The second-order valence-corrected chi connectivity index (χ2v) is 10.2. The molecule has 8 nitrogen and oxygen atoms in total. The van der Waals surface area contributed by atoms with Crippen LogP contribution in [-0.2, 0) is 5.54 Å². The van der Waals surface area contributed by atoms with Crippen LogP contribution in [0.2, 0.25) is 0 Å². The summed E-state index contributed by atoms with van der Waals surface area (Å²) in [5, 5.41) is 3.01. The summed E-state index contributed by atoms with van der Waals surface area (Å²) >= 11 is 0. The lowest BCUT2D eigenvalue weighted by Crippen LogP contribution is -2.37. The van der Waals surface area contributed by atoms with Gasteiger partial charge in [0.05, 0.1) is 28.7 Å². The third-order valence-corrected chi connectivity index (χ3v) is 7.61. The molecule has 0 saturated carbocycles. The molecular formula is C27H26F2N6O2. The van der Waals surface area contributed by atoms with E-state index in [1.165, 1.54) is 6.07 Å². The molecule has 2 bridgehead atoms. The molecule has 10 heteroatoms. The lowest BCUT2D eigenvalue weighted by Gasteiger charge is -2.30. The Morgan fingerprint density at radius 2 is 1.89 bits per heavy atom. The van der Waals surface area contributed by atoms with Crippen molar-refractivity contribution in [1.82, 2.24) is 29.7 Å². The number of benzene rings is 2. The Hall–Kier alpha value is -3.92. The fourth-order valence-electron chi connectivity index (χ4n) is 5.18. The second-order valence-electron chi connectivity index (χ2n) is 10.2. The third-order valence-electron chi connectivity index (χ3n) is 7.61. The fraction of sp³-hybridized carbons (Fsp3) is 0.333. The van der Waals surface area contributed by atoms with Crippen LogP contribution in [0.15, 0.2) is 48.8 Å². The highest BCUT2D eigenvalue weighted by Crippen LogP contribution is 2.47. The number of carbonyl (C=O) groups excluding carboxylic acids is 1. The number of carbonyl (C=O) groups is 1. The first-order chi connectivity index (χ1) is 17.6. The summed E-state index contributed by atoms with van der Waals surface area (Å²) in [7, 11) is 3.98. The zero-order chi connectivity index (χ0) is 26.1. The highest BCUT2D eigenvalue weighted by atomic mass is 19.3. The van der Waals surface area contributed by atoms with Crippen molar-refractivity contribution in [3.63, 3.8) is 0 Å². The van der Waals surface area contributed by atoms with Gasteiger partial charge in [0.2, 0.25) is 0 Å². The fourth-order valence-corrected chi connectivity index (χ4v) is 5.18. The summed E-state index contributed by atoms with van der Waals surface area (Å²) in [6.45, 7) is 1.13. The SMILES string of the molecule is CN(C)C(C)(C)c1ncc(-c2ccc3nc4n(c3c2)[C@@H]2C[C@H]4NC(=O)c3cccc(OC(F)F)c32)cn1. The van der Waals surface area contributed by atoms with Crippen molar-refractivity contribution in [2.24, 2.45) is 0 Å². The molecule has 6 rings (SSSR count). The van der Waals surface area contributed by atoms with Crippen LogP contribution in [0.4, 0.5) is 8.78 Å². The van der Waals surface area contributed by atoms with Crippen LogP contribution in [0.3, 0.4) is 0 Å². The van der Waals surface area contributed by atoms with Gasteiger partial charge in [-0.1, -0.05) is 12.1 Å². The predicted molar refractivity (Wildman–Crippen MR) is 134 cm³/mol. The van der Waals surface area contributed by atoms with E-state index in [1.54, 1.807) is 12.1 Å². The number of hydrogen-bond donors (Lipinski definition) is 1. The molecule has 2 aromatic carbocycles. The van der Waals surface area contributed by atoms with Crippen molar-refractivity contribution in [3.05, 3.63) is 71.6 Å². The van der Waals surface area contributed by atoms with Crippen molar-refractivity contribution < 1.29 is 18.3 Å². The van der Waals surface area contributed by atoms with E-state index in [-0.39, 0.29) is 29.3 Å². The Morgan fingerprint density at radius 3 is 2.59 bits per heavy atom. The molecule has 0 aliphatic carbocycles. The molecule has 0 radical (unpaired) electrons. The van der Waals surface area contributed by atoms with Crippen LogP contribution >= 0.6 is 0 Å². The molecule has 2 aromatic heterocycles. The lowest BCUT2D eigenvalue weighted by molar-refractivity contribution is -0.0507. The number of fused-ring (bicyclic) bond motifs is 9. The molecule has 1 N–H and O–H groups in total. The number of halogens is 2. The molecule has 2 aliphatic rings. The van der Waals surface area contributed by atoms with Gasteiger partial charge in [-0.25, -0.2) is 15.0 Å². The van der Waals surface area contributed by atoms with Crippen molar-refractivity contribution >= 4 is 16.9 Å².